The van der Waals surface area contributed by atoms with Crippen molar-refractivity contribution < 1.29 is 0 Å². The molecule has 0 amide bonds. The van der Waals surface area contributed by atoms with E-state index in [1.54, 1.807) is 0 Å². The molecular weight excluding hydrogens is 539 g/mol. The van der Waals surface area contributed by atoms with Gasteiger partial charge in [0.2, 0.25) is 0 Å². The summed E-state index contributed by atoms with van der Waals surface area (Å²) in [5.41, 5.74) is 10.9. The van der Waals surface area contributed by atoms with Gasteiger partial charge in [0.25, 0.3) is 0 Å². The summed E-state index contributed by atoms with van der Waals surface area (Å²) >= 11 is 0. The first-order valence-electron chi connectivity index (χ1n) is 16.4. The molecule has 6 rings (SSSR count). The summed E-state index contributed by atoms with van der Waals surface area (Å²) < 4.78 is 0. The van der Waals surface area contributed by atoms with Crippen LogP contribution in [0.2, 0.25) is 0 Å². The van der Waals surface area contributed by atoms with Gasteiger partial charge in [-0.05, 0) is 36.0 Å². The van der Waals surface area contributed by atoms with Crippen LogP contribution in [0.5, 0.6) is 0 Å². The van der Waals surface area contributed by atoms with Crippen LogP contribution < -0.4 is 21.9 Å². The molecular formula is C44H46B-. The van der Waals surface area contributed by atoms with Crippen molar-refractivity contribution in [3.8, 4) is 0 Å². The van der Waals surface area contributed by atoms with Gasteiger partial charge in [-0.15, -0.1) is 0 Å². The second-order valence-corrected chi connectivity index (χ2v) is 13.3. The van der Waals surface area contributed by atoms with Crippen molar-refractivity contribution in [1.82, 2.24) is 0 Å². The van der Waals surface area contributed by atoms with Crippen LogP contribution in [0.1, 0.15) is 49.9 Å². The minimum Gasteiger partial charge on any atom is -0.195 e. The molecule has 0 radical (unpaired) electrons. The maximum atomic E-state index is 2.30. The number of rotatable bonds is 8. The van der Waals surface area contributed by atoms with E-state index in [9.17, 15) is 0 Å². The Morgan fingerprint density at radius 2 is 0.756 bits per heavy atom. The highest BCUT2D eigenvalue weighted by atomic mass is 14.3. The highest BCUT2D eigenvalue weighted by Crippen LogP contribution is 2.31. The molecule has 0 aliphatic heterocycles. The van der Waals surface area contributed by atoms with E-state index in [-0.39, 0.29) is 5.41 Å². The van der Waals surface area contributed by atoms with Crippen molar-refractivity contribution in [2.75, 3.05) is 0 Å². The van der Waals surface area contributed by atoms with Gasteiger partial charge < -0.3 is 0 Å². The Kier molecular flexibility index (Phi) is 10.2. The SMILES string of the molecule is Cc1ccc(C(C)(C)c2ccc(CC(C)C)cc2)cc1.c1ccc([B-](c2ccccc2)(c2ccccc2)c2ccccc2)cc1. The summed E-state index contributed by atoms with van der Waals surface area (Å²) in [7, 11) is 0. The molecule has 0 N–H and O–H groups in total. The fourth-order valence-electron chi connectivity index (χ4n) is 6.79. The molecule has 0 bridgehead atoms. The quantitative estimate of drug-likeness (QED) is 0.157. The number of hydrogen-bond donors (Lipinski definition) is 0. The third kappa shape index (κ3) is 7.21. The zero-order valence-corrected chi connectivity index (χ0v) is 27.5. The lowest BCUT2D eigenvalue weighted by molar-refractivity contribution is 0.633. The predicted octanol–water partition coefficient (Wildman–Crippen LogP) is 8.58. The van der Waals surface area contributed by atoms with Crippen LogP contribution in [0.15, 0.2) is 170 Å². The van der Waals surface area contributed by atoms with E-state index in [0.717, 1.165) is 6.42 Å². The van der Waals surface area contributed by atoms with Gasteiger partial charge in [-0.1, -0.05) is 203 Å². The summed E-state index contributed by atoms with van der Waals surface area (Å²) in [6.07, 6.45) is -0.0576. The van der Waals surface area contributed by atoms with Crippen LogP contribution in [-0.2, 0) is 11.8 Å². The van der Waals surface area contributed by atoms with Gasteiger partial charge >= 0.3 is 0 Å². The van der Waals surface area contributed by atoms with Gasteiger partial charge in [-0.3, -0.25) is 0 Å². The standard InChI is InChI=1S/C24H20B.C20H26/c1-5-13-21(14-6-1)25(22-15-7-2-8-16-22,23-17-9-3-10-18-23)24-19-11-4-12-20-24;1-15(2)14-17-8-12-19(13-9-17)20(4,5)18-10-6-16(3)7-11-18/h1-20H;6-13,15H,14H2,1-5H3/q-1;. The van der Waals surface area contributed by atoms with Gasteiger partial charge in [0.15, 0.2) is 0 Å². The zero-order valence-electron chi connectivity index (χ0n) is 27.5. The third-order valence-corrected chi connectivity index (χ3v) is 9.29. The number of benzene rings is 6. The predicted molar refractivity (Wildman–Crippen MR) is 198 cm³/mol. The molecule has 6 aromatic rings. The Morgan fingerprint density at radius 3 is 1.07 bits per heavy atom. The van der Waals surface area contributed by atoms with Crippen LogP contribution in [0.3, 0.4) is 0 Å². The maximum absolute atomic E-state index is 2.30. The van der Waals surface area contributed by atoms with Crippen molar-refractivity contribution in [1.29, 1.82) is 0 Å². The number of hydrogen-bond acceptors (Lipinski definition) is 0. The molecule has 0 saturated heterocycles. The molecule has 0 fully saturated rings. The molecule has 0 aromatic heterocycles. The lowest BCUT2D eigenvalue weighted by atomic mass is 9.13. The maximum Gasteiger partial charge on any atom is 0.108 e. The van der Waals surface area contributed by atoms with Crippen molar-refractivity contribution in [2.24, 2.45) is 5.92 Å². The molecule has 1 heteroatoms. The van der Waals surface area contributed by atoms with E-state index in [2.05, 4.69) is 204 Å². The molecule has 0 atom stereocenters. The van der Waals surface area contributed by atoms with Crippen molar-refractivity contribution in [2.45, 2.75) is 46.5 Å². The van der Waals surface area contributed by atoms with E-state index in [1.807, 2.05) is 0 Å². The first-order valence-corrected chi connectivity index (χ1v) is 16.4. The van der Waals surface area contributed by atoms with E-state index >= 15 is 0 Å². The molecule has 6 aromatic carbocycles. The van der Waals surface area contributed by atoms with Crippen LogP contribution >= 0.6 is 0 Å². The molecule has 0 saturated carbocycles. The minimum absolute atomic E-state index is 0.0596. The van der Waals surface area contributed by atoms with Crippen molar-refractivity contribution >= 4 is 28.0 Å². The zero-order chi connectivity index (χ0) is 31.7. The molecule has 0 unspecified atom stereocenters. The van der Waals surface area contributed by atoms with Crippen LogP contribution in [0.4, 0.5) is 0 Å². The smallest absolute Gasteiger partial charge is 0.108 e. The van der Waals surface area contributed by atoms with Gasteiger partial charge in [0.1, 0.15) is 6.15 Å². The Hall–Kier alpha value is -4.62. The highest BCUT2D eigenvalue weighted by Gasteiger charge is 2.31. The normalized spacial score (nSPS) is 11.5. The van der Waals surface area contributed by atoms with Crippen LogP contribution in [-0.4, -0.2) is 6.15 Å². The summed E-state index contributed by atoms with van der Waals surface area (Å²) in [5, 5.41) is 0. The largest absolute Gasteiger partial charge is 0.195 e. The Labute approximate surface area is 271 Å². The van der Waals surface area contributed by atoms with Crippen molar-refractivity contribution in [3.63, 3.8) is 0 Å². The minimum atomic E-state index is -1.22. The van der Waals surface area contributed by atoms with E-state index in [0.29, 0.717) is 5.92 Å². The molecule has 0 spiro atoms. The first-order chi connectivity index (χ1) is 21.8. The first kappa shape index (κ1) is 31.8. The fraction of sp³-hybridized carbons (Fsp3) is 0.182. The Morgan fingerprint density at radius 1 is 0.444 bits per heavy atom. The molecule has 226 valence electrons. The molecule has 0 heterocycles. The average molecular weight is 586 g/mol. The second kappa shape index (κ2) is 14.4. The van der Waals surface area contributed by atoms with E-state index < -0.39 is 6.15 Å². The molecule has 0 nitrogen and oxygen atoms in total. The fourth-order valence-corrected chi connectivity index (χ4v) is 6.79. The summed E-state index contributed by atoms with van der Waals surface area (Å²) in [6.45, 7) is 11.3. The monoisotopic (exact) mass is 585 g/mol. The average Bonchev–Trinajstić information content (AvgIpc) is 3.08. The Bertz CT molecular complexity index is 1560. The Balaban J connectivity index is 0.000000183. The third-order valence-electron chi connectivity index (χ3n) is 9.29. The van der Waals surface area contributed by atoms with Gasteiger partial charge in [0, 0.05) is 5.41 Å². The van der Waals surface area contributed by atoms with Gasteiger partial charge in [0.05, 0.1) is 0 Å². The van der Waals surface area contributed by atoms with Crippen LogP contribution in [0.25, 0.3) is 0 Å². The molecule has 0 aliphatic carbocycles. The summed E-state index contributed by atoms with van der Waals surface area (Å²) in [5.74, 6) is 0.714. The lowest BCUT2D eigenvalue weighted by Crippen LogP contribution is -2.74. The molecule has 0 aliphatic rings. The molecule has 45 heavy (non-hydrogen) atoms. The summed E-state index contributed by atoms with van der Waals surface area (Å²) in [6, 6.07) is 61.6. The highest BCUT2D eigenvalue weighted by molar-refractivity contribution is 7.19. The van der Waals surface area contributed by atoms with E-state index in [4.69, 9.17) is 0 Å². The van der Waals surface area contributed by atoms with Crippen molar-refractivity contribution in [3.05, 3.63) is 192 Å². The topological polar surface area (TPSA) is 0 Å². The number of aryl methyl sites for hydroxylation is 1. The summed E-state index contributed by atoms with van der Waals surface area (Å²) in [4.78, 5) is 0. The van der Waals surface area contributed by atoms with Gasteiger partial charge in [-0.2, -0.15) is 21.9 Å². The van der Waals surface area contributed by atoms with Crippen LogP contribution in [0, 0.1) is 12.8 Å². The second-order valence-electron chi connectivity index (χ2n) is 13.3. The van der Waals surface area contributed by atoms with E-state index in [1.165, 1.54) is 44.1 Å². The lowest BCUT2D eigenvalue weighted by Gasteiger charge is -2.44. The van der Waals surface area contributed by atoms with Gasteiger partial charge in [-0.25, -0.2) is 0 Å².